The number of hydrogen-bond donors (Lipinski definition) is 1. The maximum absolute atomic E-state index is 12.3. The van der Waals surface area contributed by atoms with Crippen LogP contribution in [0.15, 0.2) is 73.1 Å². The molecule has 1 aromatic heterocycles. The van der Waals surface area contributed by atoms with E-state index in [9.17, 15) is 4.79 Å². The second kappa shape index (κ2) is 11.8. The number of nitrogens with one attached hydrogen (secondary N) is 1. The Morgan fingerprint density at radius 3 is 2.21 bits per heavy atom. The lowest BCUT2D eigenvalue weighted by Gasteiger charge is -2.34. The third-order valence-electron chi connectivity index (χ3n) is 6.12. The second-order valence-electron chi connectivity index (χ2n) is 9.06. The van der Waals surface area contributed by atoms with Crippen LogP contribution in [0.4, 0.5) is 0 Å². The normalized spacial score (nSPS) is 15.6. The van der Waals surface area contributed by atoms with Gasteiger partial charge in [-0.05, 0) is 55.3 Å². The monoisotopic (exact) mass is 458 g/mol. The smallest absolute Gasteiger partial charge is 0.251 e. The average Bonchev–Trinajstić information content (AvgIpc) is 2.86. The molecule has 1 aliphatic rings. The topological polar surface area (TPSA) is 57.7 Å². The summed E-state index contributed by atoms with van der Waals surface area (Å²) in [7, 11) is 0. The molecule has 178 valence electrons. The third-order valence-corrected chi connectivity index (χ3v) is 6.12. The molecule has 0 saturated carbocycles. The van der Waals surface area contributed by atoms with Gasteiger partial charge >= 0.3 is 0 Å². The molecule has 4 rings (SSSR count). The number of aromatic nitrogens is 1. The highest BCUT2D eigenvalue weighted by Gasteiger charge is 2.17. The van der Waals surface area contributed by atoms with Crippen LogP contribution in [-0.2, 0) is 13.1 Å². The summed E-state index contributed by atoms with van der Waals surface area (Å²) < 4.78 is 6.00. The van der Waals surface area contributed by atoms with E-state index in [2.05, 4.69) is 38.3 Å². The molecule has 1 amide bonds. The standard InChI is InChI=1S/C28H34N4O2/c1-22-5-9-26(10-6-22)28(33)30-18-23(2)34-27-11-7-24(8-12-27)20-31-14-16-32(17-15-31)21-25-4-3-13-29-19-25/h3-13,19,23H,14-18,20-21H2,1-2H3,(H,30,33)/t23-/m0/s1. The predicted octanol–water partition coefficient (Wildman–Crippen LogP) is 3.91. The molecule has 6 nitrogen and oxygen atoms in total. The number of aryl methyl sites for hydroxylation is 1. The van der Waals surface area contributed by atoms with Crippen molar-refractivity contribution >= 4 is 5.91 Å². The Hall–Kier alpha value is -3.22. The first-order valence-corrected chi connectivity index (χ1v) is 12.0. The molecule has 1 saturated heterocycles. The molecule has 1 N–H and O–H groups in total. The predicted molar refractivity (Wildman–Crippen MR) is 135 cm³/mol. The SMILES string of the molecule is Cc1ccc(C(=O)NC[C@H](C)Oc2ccc(CN3CCN(Cc4cccnc4)CC3)cc2)cc1. The number of hydrogen-bond acceptors (Lipinski definition) is 5. The molecule has 1 atom stereocenters. The number of rotatable bonds is 9. The van der Waals surface area contributed by atoms with Crippen LogP contribution in [-0.4, -0.2) is 59.5 Å². The largest absolute Gasteiger partial charge is 0.489 e. The highest BCUT2D eigenvalue weighted by atomic mass is 16.5. The van der Waals surface area contributed by atoms with E-state index in [1.807, 2.05) is 68.7 Å². The van der Waals surface area contributed by atoms with E-state index in [1.54, 1.807) is 0 Å². The molecule has 2 aromatic carbocycles. The van der Waals surface area contributed by atoms with Crippen LogP contribution in [0.3, 0.4) is 0 Å². The number of pyridine rings is 1. The summed E-state index contributed by atoms with van der Waals surface area (Å²) in [4.78, 5) is 21.5. The minimum atomic E-state index is -0.117. The molecule has 0 unspecified atom stereocenters. The van der Waals surface area contributed by atoms with Gasteiger partial charge in [0.05, 0.1) is 6.54 Å². The van der Waals surface area contributed by atoms with Gasteiger partial charge in [0.1, 0.15) is 11.9 Å². The van der Waals surface area contributed by atoms with Crippen molar-refractivity contribution < 1.29 is 9.53 Å². The van der Waals surface area contributed by atoms with Crippen molar-refractivity contribution in [2.45, 2.75) is 33.0 Å². The van der Waals surface area contributed by atoms with E-state index in [-0.39, 0.29) is 12.0 Å². The van der Waals surface area contributed by atoms with Crippen molar-refractivity contribution in [3.8, 4) is 5.75 Å². The highest BCUT2D eigenvalue weighted by molar-refractivity contribution is 5.94. The number of ether oxygens (including phenoxy) is 1. The average molecular weight is 459 g/mol. The summed E-state index contributed by atoms with van der Waals surface area (Å²) in [6.07, 6.45) is 3.66. The zero-order chi connectivity index (χ0) is 23.8. The van der Waals surface area contributed by atoms with Crippen molar-refractivity contribution in [3.63, 3.8) is 0 Å². The molecule has 3 aromatic rings. The molecule has 0 spiro atoms. The maximum Gasteiger partial charge on any atom is 0.251 e. The first-order chi connectivity index (χ1) is 16.5. The fraction of sp³-hybridized carbons (Fsp3) is 0.357. The van der Waals surface area contributed by atoms with Crippen LogP contribution in [0.2, 0.25) is 0 Å². The van der Waals surface area contributed by atoms with Crippen LogP contribution in [0.1, 0.15) is 34.0 Å². The van der Waals surface area contributed by atoms with E-state index >= 15 is 0 Å². The van der Waals surface area contributed by atoms with Crippen LogP contribution < -0.4 is 10.1 Å². The summed E-state index contributed by atoms with van der Waals surface area (Å²) in [6.45, 7) is 10.6. The third kappa shape index (κ3) is 7.14. The zero-order valence-electron chi connectivity index (χ0n) is 20.1. The molecule has 0 bridgehead atoms. The van der Waals surface area contributed by atoms with Gasteiger partial charge in [-0.15, -0.1) is 0 Å². The number of benzene rings is 2. The lowest BCUT2D eigenvalue weighted by atomic mass is 10.1. The van der Waals surface area contributed by atoms with Crippen LogP contribution in [0.25, 0.3) is 0 Å². The van der Waals surface area contributed by atoms with Gasteiger partial charge in [0, 0.05) is 57.2 Å². The van der Waals surface area contributed by atoms with Gasteiger partial charge in [-0.2, -0.15) is 0 Å². The second-order valence-corrected chi connectivity index (χ2v) is 9.06. The van der Waals surface area contributed by atoms with Crippen LogP contribution in [0.5, 0.6) is 5.75 Å². The number of amides is 1. The van der Waals surface area contributed by atoms with Crippen LogP contribution >= 0.6 is 0 Å². The first kappa shape index (κ1) is 23.9. The van der Waals surface area contributed by atoms with Crippen molar-refractivity contribution in [1.82, 2.24) is 20.1 Å². The Morgan fingerprint density at radius 2 is 1.59 bits per heavy atom. The van der Waals surface area contributed by atoms with E-state index in [0.717, 1.165) is 50.6 Å². The number of carbonyl (C=O) groups is 1. The van der Waals surface area contributed by atoms with E-state index in [0.29, 0.717) is 12.1 Å². The number of nitrogens with zero attached hydrogens (tertiary/aromatic N) is 3. The van der Waals surface area contributed by atoms with Gasteiger partial charge in [0.2, 0.25) is 0 Å². The fourth-order valence-electron chi connectivity index (χ4n) is 4.10. The van der Waals surface area contributed by atoms with Gasteiger partial charge in [-0.25, -0.2) is 0 Å². The quantitative estimate of drug-likeness (QED) is 0.527. The van der Waals surface area contributed by atoms with Gasteiger partial charge in [0.15, 0.2) is 0 Å². The summed E-state index contributed by atoms with van der Waals surface area (Å²) in [5, 5.41) is 2.94. The van der Waals surface area contributed by atoms with Crippen molar-refractivity contribution in [2.75, 3.05) is 32.7 Å². The molecular formula is C28H34N4O2. The molecule has 2 heterocycles. The Balaban J connectivity index is 1.17. The minimum Gasteiger partial charge on any atom is -0.489 e. The van der Waals surface area contributed by atoms with E-state index in [1.165, 1.54) is 11.1 Å². The Labute approximate surface area is 202 Å². The summed E-state index contributed by atoms with van der Waals surface area (Å²) in [5.41, 5.74) is 4.36. The Morgan fingerprint density at radius 1 is 0.941 bits per heavy atom. The molecule has 1 aliphatic heterocycles. The van der Waals surface area contributed by atoms with Crippen molar-refractivity contribution in [3.05, 3.63) is 95.3 Å². The minimum absolute atomic E-state index is 0.0775. The lowest BCUT2D eigenvalue weighted by molar-refractivity contribution is 0.0932. The molecule has 6 heteroatoms. The molecular weight excluding hydrogens is 424 g/mol. The Bertz CT molecular complexity index is 1030. The van der Waals surface area contributed by atoms with E-state index in [4.69, 9.17) is 4.74 Å². The van der Waals surface area contributed by atoms with Gasteiger partial charge in [-0.1, -0.05) is 35.9 Å². The fourth-order valence-corrected chi connectivity index (χ4v) is 4.10. The number of piperazine rings is 1. The van der Waals surface area contributed by atoms with Crippen molar-refractivity contribution in [1.29, 1.82) is 0 Å². The summed E-state index contributed by atoms with van der Waals surface area (Å²) in [5.74, 6) is 0.744. The molecule has 0 radical (unpaired) electrons. The van der Waals surface area contributed by atoms with Gasteiger partial charge < -0.3 is 10.1 Å². The Kier molecular flexibility index (Phi) is 8.28. The van der Waals surface area contributed by atoms with Gasteiger partial charge in [0.25, 0.3) is 5.91 Å². The van der Waals surface area contributed by atoms with Crippen LogP contribution in [0, 0.1) is 6.92 Å². The zero-order valence-corrected chi connectivity index (χ0v) is 20.1. The van der Waals surface area contributed by atoms with Gasteiger partial charge in [-0.3, -0.25) is 19.6 Å². The molecule has 34 heavy (non-hydrogen) atoms. The molecule has 0 aliphatic carbocycles. The highest BCUT2D eigenvalue weighted by Crippen LogP contribution is 2.16. The maximum atomic E-state index is 12.3. The lowest BCUT2D eigenvalue weighted by Crippen LogP contribution is -2.45. The number of carbonyl (C=O) groups excluding carboxylic acids is 1. The summed E-state index contributed by atoms with van der Waals surface area (Å²) in [6, 6.07) is 20.0. The summed E-state index contributed by atoms with van der Waals surface area (Å²) >= 11 is 0. The molecule has 1 fully saturated rings. The van der Waals surface area contributed by atoms with Crippen molar-refractivity contribution in [2.24, 2.45) is 0 Å². The van der Waals surface area contributed by atoms with E-state index < -0.39 is 0 Å². The first-order valence-electron chi connectivity index (χ1n) is 12.0.